The van der Waals surface area contributed by atoms with Gasteiger partial charge in [-0.05, 0) is 31.7 Å². The van der Waals surface area contributed by atoms with Crippen molar-refractivity contribution < 1.29 is 9.90 Å². The van der Waals surface area contributed by atoms with Gasteiger partial charge in [0.2, 0.25) is 5.91 Å². The Morgan fingerprint density at radius 3 is 2.37 bits per heavy atom. The zero-order valence-corrected chi connectivity index (χ0v) is 12.9. The first-order chi connectivity index (χ1) is 9.03. The molecule has 19 heavy (non-hydrogen) atoms. The van der Waals surface area contributed by atoms with E-state index in [1.807, 2.05) is 4.90 Å². The second kappa shape index (κ2) is 7.25. The van der Waals surface area contributed by atoms with Crippen molar-refractivity contribution in [2.45, 2.75) is 53.0 Å². The molecule has 4 nitrogen and oxygen atoms in total. The monoisotopic (exact) mass is 270 g/mol. The SMILES string of the molecule is CCC(CC)N(CCO)C(=O)C1(C(C)C)CCNC1. The van der Waals surface area contributed by atoms with Crippen molar-refractivity contribution in [3.8, 4) is 0 Å². The van der Waals surface area contributed by atoms with Gasteiger partial charge in [0.25, 0.3) is 0 Å². The van der Waals surface area contributed by atoms with Crippen molar-refractivity contribution in [2.75, 3.05) is 26.2 Å². The van der Waals surface area contributed by atoms with Crippen LogP contribution in [0.2, 0.25) is 0 Å². The number of carbonyl (C=O) groups is 1. The first-order valence-corrected chi connectivity index (χ1v) is 7.66. The number of aliphatic hydroxyl groups is 1. The number of hydrogen-bond donors (Lipinski definition) is 2. The molecule has 2 N–H and O–H groups in total. The third kappa shape index (κ3) is 3.29. The average Bonchev–Trinajstić information content (AvgIpc) is 2.89. The van der Waals surface area contributed by atoms with Gasteiger partial charge in [0.05, 0.1) is 12.0 Å². The molecule has 0 aliphatic carbocycles. The zero-order chi connectivity index (χ0) is 14.5. The van der Waals surface area contributed by atoms with Crippen LogP contribution in [0, 0.1) is 11.3 Å². The Kier molecular flexibility index (Phi) is 6.27. The van der Waals surface area contributed by atoms with E-state index in [9.17, 15) is 9.90 Å². The fraction of sp³-hybridized carbons (Fsp3) is 0.933. The molecule has 1 fully saturated rings. The van der Waals surface area contributed by atoms with E-state index in [-0.39, 0.29) is 24.0 Å². The average molecular weight is 270 g/mol. The Morgan fingerprint density at radius 2 is 2.00 bits per heavy atom. The summed E-state index contributed by atoms with van der Waals surface area (Å²) in [5.41, 5.74) is -0.280. The van der Waals surface area contributed by atoms with Gasteiger partial charge in [-0.2, -0.15) is 0 Å². The molecule has 0 aromatic heterocycles. The normalized spacial score (nSPS) is 23.3. The highest BCUT2D eigenvalue weighted by molar-refractivity contribution is 5.84. The molecular formula is C15H30N2O2. The second-order valence-electron chi connectivity index (χ2n) is 5.93. The van der Waals surface area contributed by atoms with Crippen LogP contribution in [0.1, 0.15) is 47.0 Å². The van der Waals surface area contributed by atoms with Crippen LogP contribution in [0.25, 0.3) is 0 Å². The molecule has 0 spiro atoms. The highest BCUT2D eigenvalue weighted by Gasteiger charge is 2.46. The van der Waals surface area contributed by atoms with Gasteiger partial charge in [0.1, 0.15) is 0 Å². The lowest BCUT2D eigenvalue weighted by Crippen LogP contribution is -2.52. The molecule has 1 heterocycles. The molecule has 0 aromatic rings. The molecule has 1 rings (SSSR count). The molecule has 112 valence electrons. The summed E-state index contributed by atoms with van der Waals surface area (Å²) in [6.07, 6.45) is 2.80. The maximum Gasteiger partial charge on any atom is 0.230 e. The van der Waals surface area contributed by atoms with Crippen molar-refractivity contribution in [1.29, 1.82) is 0 Å². The van der Waals surface area contributed by atoms with E-state index in [0.717, 1.165) is 32.4 Å². The molecule has 1 amide bonds. The van der Waals surface area contributed by atoms with Crippen molar-refractivity contribution >= 4 is 5.91 Å². The third-order valence-electron chi connectivity index (χ3n) is 4.70. The van der Waals surface area contributed by atoms with Gasteiger partial charge >= 0.3 is 0 Å². The number of nitrogens with zero attached hydrogens (tertiary/aromatic N) is 1. The van der Waals surface area contributed by atoms with E-state index in [2.05, 4.69) is 33.0 Å². The molecule has 1 unspecified atom stereocenters. The lowest BCUT2D eigenvalue weighted by Gasteiger charge is -2.40. The molecule has 0 saturated carbocycles. The Labute approximate surface area is 117 Å². The molecule has 1 aliphatic heterocycles. The number of carbonyl (C=O) groups excluding carboxylic acids is 1. The molecule has 0 aromatic carbocycles. The topological polar surface area (TPSA) is 52.6 Å². The van der Waals surface area contributed by atoms with Crippen molar-refractivity contribution in [1.82, 2.24) is 10.2 Å². The van der Waals surface area contributed by atoms with E-state index in [1.54, 1.807) is 0 Å². The second-order valence-corrected chi connectivity index (χ2v) is 5.93. The summed E-state index contributed by atoms with van der Waals surface area (Å²) in [7, 11) is 0. The summed E-state index contributed by atoms with van der Waals surface area (Å²) in [6, 6.07) is 0.246. The molecule has 1 aliphatic rings. The highest BCUT2D eigenvalue weighted by atomic mass is 16.3. The lowest BCUT2D eigenvalue weighted by atomic mass is 9.75. The molecule has 0 bridgehead atoms. The Balaban J connectivity index is 2.96. The van der Waals surface area contributed by atoms with E-state index < -0.39 is 0 Å². The summed E-state index contributed by atoms with van der Waals surface area (Å²) in [5.74, 6) is 0.556. The largest absolute Gasteiger partial charge is 0.395 e. The molecular weight excluding hydrogens is 240 g/mol. The molecule has 0 radical (unpaired) electrons. The van der Waals surface area contributed by atoms with Gasteiger partial charge in [-0.15, -0.1) is 0 Å². The number of nitrogens with one attached hydrogen (secondary N) is 1. The summed E-state index contributed by atoms with van der Waals surface area (Å²) < 4.78 is 0. The summed E-state index contributed by atoms with van der Waals surface area (Å²) >= 11 is 0. The minimum atomic E-state index is -0.280. The number of amides is 1. The van der Waals surface area contributed by atoms with Crippen LogP contribution in [-0.4, -0.2) is 48.2 Å². The van der Waals surface area contributed by atoms with Crippen LogP contribution in [0.3, 0.4) is 0 Å². The van der Waals surface area contributed by atoms with Crippen molar-refractivity contribution in [2.24, 2.45) is 11.3 Å². The van der Waals surface area contributed by atoms with Crippen molar-refractivity contribution in [3.63, 3.8) is 0 Å². The van der Waals surface area contributed by atoms with Crippen LogP contribution in [-0.2, 0) is 4.79 Å². The van der Waals surface area contributed by atoms with Crippen LogP contribution in [0.4, 0.5) is 0 Å². The Morgan fingerprint density at radius 1 is 1.37 bits per heavy atom. The first-order valence-electron chi connectivity index (χ1n) is 7.66. The van der Waals surface area contributed by atoms with Crippen LogP contribution in [0.5, 0.6) is 0 Å². The van der Waals surface area contributed by atoms with Gasteiger partial charge in [-0.25, -0.2) is 0 Å². The van der Waals surface area contributed by atoms with Gasteiger partial charge in [-0.3, -0.25) is 4.79 Å². The maximum atomic E-state index is 13.0. The van der Waals surface area contributed by atoms with Gasteiger partial charge in [-0.1, -0.05) is 27.7 Å². The fourth-order valence-corrected chi connectivity index (χ4v) is 3.21. The van der Waals surface area contributed by atoms with Crippen LogP contribution in [0.15, 0.2) is 0 Å². The van der Waals surface area contributed by atoms with Crippen molar-refractivity contribution in [3.05, 3.63) is 0 Å². The quantitative estimate of drug-likeness (QED) is 0.739. The Hall–Kier alpha value is -0.610. The summed E-state index contributed by atoms with van der Waals surface area (Å²) in [4.78, 5) is 15.0. The lowest BCUT2D eigenvalue weighted by molar-refractivity contribution is -0.147. The number of aliphatic hydroxyl groups excluding tert-OH is 1. The van der Waals surface area contributed by atoms with E-state index >= 15 is 0 Å². The number of rotatable bonds is 7. The summed E-state index contributed by atoms with van der Waals surface area (Å²) in [5, 5.41) is 12.6. The summed E-state index contributed by atoms with van der Waals surface area (Å²) in [6.45, 7) is 10.7. The number of hydrogen-bond acceptors (Lipinski definition) is 3. The smallest absolute Gasteiger partial charge is 0.230 e. The third-order valence-corrected chi connectivity index (χ3v) is 4.70. The predicted octanol–water partition coefficient (Wildman–Crippen LogP) is 1.63. The zero-order valence-electron chi connectivity index (χ0n) is 12.9. The predicted molar refractivity (Wildman–Crippen MR) is 77.9 cm³/mol. The van der Waals surface area contributed by atoms with Crippen LogP contribution < -0.4 is 5.32 Å². The molecule has 1 atom stereocenters. The van der Waals surface area contributed by atoms with Gasteiger partial charge in [0.15, 0.2) is 0 Å². The molecule has 1 saturated heterocycles. The fourth-order valence-electron chi connectivity index (χ4n) is 3.21. The molecule has 4 heteroatoms. The maximum absolute atomic E-state index is 13.0. The standard InChI is InChI=1S/C15H30N2O2/c1-5-13(6-2)17(9-10-18)14(19)15(12(3)4)7-8-16-11-15/h12-13,16,18H,5-11H2,1-4H3. The van der Waals surface area contributed by atoms with Gasteiger partial charge in [0, 0.05) is 19.1 Å². The minimum absolute atomic E-state index is 0.0455. The van der Waals surface area contributed by atoms with E-state index in [0.29, 0.717) is 12.5 Å². The minimum Gasteiger partial charge on any atom is -0.395 e. The highest BCUT2D eigenvalue weighted by Crippen LogP contribution is 2.37. The first kappa shape index (κ1) is 16.4. The van der Waals surface area contributed by atoms with E-state index in [1.165, 1.54) is 0 Å². The van der Waals surface area contributed by atoms with Gasteiger partial charge < -0.3 is 15.3 Å². The Bertz CT molecular complexity index is 282. The van der Waals surface area contributed by atoms with Crippen LogP contribution >= 0.6 is 0 Å². The van der Waals surface area contributed by atoms with E-state index in [4.69, 9.17) is 0 Å².